The lowest BCUT2D eigenvalue weighted by molar-refractivity contribution is -0.0980. The van der Waals surface area contributed by atoms with Crippen molar-refractivity contribution in [1.82, 2.24) is 5.32 Å². The normalized spacial score (nSPS) is 17.5. The molecule has 1 aliphatic rings. The molecule has 4 heteroatoms. The highest BCUT2D eigenvalue weighted by Crippen LogP contribution is 2.25. The largest absolute Gasteiger partial charge is 0.400 e. The van der Waals surface area contributed by atoms with Crippen LogP contribution in [0.3, 0.4) is 0 Å². The highest BCUT2D eigenvalue weighted by molar-refractivity contribution is 5.87. The highest BCUT2D eigenvalue weighted by Gasteiger charge is 2.23. The predicted molar refractivity (Wildman–Crippen MR) is 161 cm³/mol. The Hall–Kier alpha value is -2.56. The van der Waals surface area contributed by atoms with Gasteiger partial charge in [0.1, 0.15) is 6.79 Å². The van der Waals surface area contributed by atoms with Gasteiger partial charge in [-0.15, -0.1) is 0 Å². The zero-order chi connectivity index (χ0) is 28.9. The van der Waals surface area contributed by atoms with Crippen molar-refractivity contribution >= 4 is 12.5 Å². The third-order valence-corrected chi connectivity index (χ3v) is 5.94. The van der Waals surface area contributed by atoms with Crippen molar-refractivity contribution in [2.75, 3.05) is 14.2 Å². The molecule has 3 N–H and O–H groups in total. The zero-order valence-electron chi connectivity index (χ0n) is 25.0. The second-order valence-electron chi connectivity index (χ2n) is 8.81. The number of carbonyl (C=O) groups excluding carboxylic acids is 1. The maximum absolute atomic E-state index is 8.17. The summed E-state index contributed by atoms with van der Waals surface area (Å²) in [5.74, 6) is 0.538. The molecule has 2 unspecified atom stereocenters. The fourth-order valence-corrected chi connectivity index (χ4v) is 3.67. The summed E-state index contributed by atoms with van der Waals surface area (Å²) in [6.07, 6.45) is 10.6. The Labute approximate surface area is 222 Å². The van der Waals surface area contributed by atoms with Gasteiger partial charge in [0.2, 0.25) is 0 Å². The molecule has 36 heavy (non-hydrogen) atoms. The molecule has 0 saturated heterocycles. The summed E-state index contributed by atoms with van der Waals surface area (Å²) in [4.78, 5) is 8.00. The fraction of sp³-hybridized carbons (Fsp3) is 0.500. The van der Waals surface area contributed by atoms with Crippen LogP contribution in [-0.4, -0.2) is 37.3 Å². The number of carbonyl (C=O) groups is 1. The van der Waals surface area contributed by atoms with Gasteiger partial charge < -0.3 is 20.6 Å². The summed E-state index contributed by atoms with van der Waals surface area (Å²) in [6, 6.07) is 8.59. The number of hydrogen-bond acceptors (Lipinski definition) is 4. The molecule has 0 bridgehead atoms. The topological polar surface area (TPSA) is 73.2 Å². The molecular formula is C32H54N2O2. The molecule has 0 saturated carbocycles. The number of aliphatic hydroxyl groups is 1. The minimum atomic E-state index is 0.0221. The average molecular weight is 499 g/mol. The summed E-state index contributed by atoms with van der Waals surface area (Å²) in [6.45, 7) is 25.0. The van der Waals surface area contributed by atoms with E-state index in [0.717, 1.165) is 25.7 Å². The number of nitrogens with one attached hydrogen (secondary N) is 2. The average Bonchev–Trinajstić information content (AvgIpc) is 2.91. The summed E-state index contributed by atoms with van der Waals surface area (Å²) >= 11 is 0. The Morgan fingerprint density at radius 2 is 1.64 bits per heavy atom. The van der Waals surface area contributed by atoms with Crippen LogP contribution in [0.5, 0.6) is 0 Å². The van der Waals surface area contributed by atoms with Crippen LogP contribution >= 0.6 is 0 Å². The second kappa shape index (κ2) is 21.7. The molecule has 4 nitrogen and oxygen atoms in total. The maximum Gasteiger partial charge on any atom is 0.106 e. The molecule has 1 aliphatic carbocycles. The van der Waals surface area contributed by atoms with Gasteiger partial charge in [0.05, 0.1) is 5.54 Å². The van der Waals surface area contributed by atoms with E-state index in [1.165, 1.54) is 27.8 Å². The second-order valence-corrected chi connectivity index (χ2v) is 8.81. The Balaban J connectivity index is -0.000000524. The first-order chi connectivity index (χ1) is 17.1. The molecule has 0 heterocycles. The number of hydrogen-bond donors (Lipinski definition) is 3. The van der Waals surface area contributed by atoms with E-state index < -0.39 is 0 Å². The lowest BCUT2D eigenvalue weighted by Crippen LogP contribution is -2.40. The first kappa shape index (κ1) is 38.0. The number of rotatable bonds is 7. The molecule has 204 valence electrons. The molecule has 0 amide bonds. The van der Waals surface area contributed by atoms with E-state index in [1.807, 2.05) is 27.7 Å². The summed E-state index contributed by atoms with van der Waals surface area (Å²) in [5.41, 5.74) is 7.23. The van der Waals surface area contributed by atoms with Crippen molar-refractivity contribution in [2.24, 2.45) is 11.8 Å². The standard InChI is InChI=1S/C17H25N.C11H17N.C2H6.CH4O.CH2O/c1-6-16(17(18)12(2)3)14(5)11-15-9-7-13(4)8-10-15;1-5-10-8-9(2)6-7-11(10,3)12-4;3*1-2/h7-10,12,16,18H,5-6,11H2,1-4H3;5-8,12H,1-4H3;1-2H3;2H,1H3;1H2/b;10-5-;;;. The van der Waals surface area contributed by atoms with Crippen LogP contribution in [0, 0.1) is 24.2 Å². The number of allylic oxidation sites excluding steroid dienone is 4. The lowest BCUT2D eigenvalue weighted by Gasteiger charge is -2.30. The van der Waals surface area contributed by atoms with Crippen molar-refractivity contribution in [3.05, 3.63) is 83.0 Å². The van der Waals surface area contributed by atoms with E-state index in [4.69, 9.17) is 15.3 Å². The van der Waals surface area contributed by atoms with Crippen molar-refractivity contribution in [1.29, 1.82) is 5.41 Å². The van der Waals surface area contributed by atoms with Crippen molar-refractivity contribution in [2.45, 2.75) is 80.7 Å². The summed E-state index contributed by atoms with van der Waals surface area (Å²) in [7, 11) is 2.99. The number of aryl methyl sites for hydroxylation is 1. The Kier molecular flexibility index (Phi) is 22.9. The van der Waals surface area contributed by atoms with Gasteiger partial charge in [-0.05, 0) is 64.6 Å². The van der Waals surface area contributed by atoms with Crippen molar-refractivity contribution in [3.63, 3.8) is 0 Å². The third-order valence-electron chi connectivity index (χ3n) is 5.94. The number of aliphatic hydroxyl groups excluding tert-OH is 1. The van der Waals surface area contributed by atoms with Crippen LogP contribution in [0.2, 0.25) is 0 Å². The minimum absolute atomic E-state index is 0.0221. The highest BCUT2D eigenvalue weighted by atomic mass is 16.2. The molecule has 0 aliphatic heterocycles. The minimum Gasteiger partial charge on any atom is -0.400 e. The van der Waals surface area contributed by atoms with Crippen LogP contribution in [0.15, 0.2) is 71.9 Å². The molecule has 0 fully saturated rings. The van der Waals surface area contributed by atoms with Crippen LogP contribution in [-0.2, 0) is 11.2 Å². The zero-order valence-corrected chi connectivity index (χ0v) is 25.0. The van der Waals surface area contributed by atoms with Gasteiger partial charge in [0.25, 0.3) is 0 Å². The van der Waals surface area contributed by atoms with Gasteiger partial charge >= 0.3 is 0 Å². The molecule has 1 aromatic rings. The van der Waals surface area contributed by atoms with Crippen LogP contribution in [0.4, 0.5) is 0 Å². The lowest BCUT2D eigenvalue weighted by atomic mass is 9.84. The van der Waals surface area contributed by atoms with Gasteiger partial charge in [0.15, 0.2) is 0 Å². The monoisotopic (exact) mass is 498 g/mol. The van der Waals surface area contributed by atoms with E-state index in [1.54, 1.807) is 0 Å². The van der Waals surface area contributed by atoms with E-state index in [2.05, 4.69) is 109 Å². The van der Waals surface area contributed by atoms with Gasteiger partial charge in [-0.3, -0.25) is 0 Å². The molecular weight excluding hydrogens is 444 g/mol. The van der Waals surface area contributed by atoms with Crippen LogP contribution in [0.1, 0.15) is 72.9 Å². The van der Waals surface area contributed by atoms with E-state index in [-0.39, 0.29) is 11.5 Å². The molecule has 0 radical (unpaired) electrons. The maximum atomic E-state index is 8.17. The molecule has 2 rings (SSSR count). The SMILES string of the molecule is C/C=C1/C=C(C)C=CC1(C)NC.C=C(Cc1ccc(C)cc1)C(CC)C(=N)C(C)C.C=O.CC.CO. The molecule has 1 aromatic carbocycles. The smallest absolute Gasteiger partial charge is 0.106 e. The van der Waals surface area contributed by atoms with E-state index >= 15 is 0 Å². The number of benzene rings is 1. The van der Waals surface area contributed by atoms with Crippen LogP contribution < -0.4 is 5.32 Å². The van der Waals surface area contributed by atoms with Crippen LogP contribution in [0.25, 0.3) is 0 Å². The Morgan fingerprint density at radius 1 is 1.14 bits per heavy atom. The van der Waals surface area contributed by atoms with Gasteiger partial charge in [-0.1, -0.05) is 106 Å². The third kappa shape index (κ3) is 13.5. The molecule has 0 aromatic heterocycles. The molecule has 2 atom stereocenters. The first-order valence-corrected chi connectivity index (χ1v) is 12.9. The summed E-state index contributed by atoms with van der Waals surface area (Å²) in [5, 5.41) is 18.5. The molecule has 0 spiro atoms. The van der Waals surface area contributed by atoms with E-state index in [9.17, 15) is 0 Å². The van der Waals surface area contributed by atoms with Crippen molar-refractivity contribution in [3.8, 4) is 0 Å². The Morgan fingerprint density at radius 3 is 2.03 bits per heavy atom. The fourth-order valence-electron chi connectivity index (χ4n) is 3.67. The van der Waals surface area contributed by atoms with Gasteiger partial charge in [0, 0.05) is 18.7 Å². The summed E-state index contributed by atoms with van der Waals surface area (Å²) < 4.78 is 0. The van der Waals surface area contributed by atoms with Crippen molar-refractivity contribution < 1.29 is 9.90 Å². The van der Waals surface area contributed by atoms with Gasteiger partial charge in [-0.25, -0.2) is 0 Å². The predicted octanol–water partition coefficient (Wildman–Crippen LogP) is 7.67. The van der Waals surface area contributed by atoms with Gasteiger partial charge in [-0.2, -0.15) is 0 Å². The first-order valence-electron chi connectivity index (χ1n) is 12.9. The number of likely N-dealkylation sites (N-methyl/N-ethyl adjacent to an activating group) is 1. The Bertz CT molecular complexity index is 832. The van der Waals surface area contributed by atoms with E-state index in [0.29, 0.717) is 5.92 Å². The quantitative estimate of drug-likeness (QED) is 0.267.